The first kappa shape index (κ1) is 19.9. The van der Waals surface area contributed by atoms with Crippen molar-refractivity contribution in [2.24, 2.45) is 5.92 Å². The number of hydrogen-bond donors (Lipinski definition) is 2. The number of carbonyl (C=O) groups is 2. The van der Waals surface area contributed by atoms with Crippen LogP contribution in [0.1, 0.15) is 23.3 Å². The number of anilines is 1. The first-order valence-corrected chi connectivity index (χ1v) is 10.7. The molecule has 0 radical (unpaired) electrons. The average Bonchev–Trinajstić information content (AvgIpc) is 3.29. The number of benzene rings is 2. The first-order valence-electron chi connectivity index (χ1n) is 10.7. The van der Waals surface area contributed by atoms with Crippen molar-refractivity contribution in [1.29, 1.82) is 0 Å². The van der Waals surface area contributed by atoms with E-state index in [-0.39, 0.29) is 17.7 Å². The number of amides is 2. The van der Waals surface area contributed by atoms with Crippen LogP contribution in [0.15, 0.2) is 73.2 Å². The van der Waals surface area contributed by atoms with Gasteiger partial charge >= 0.3 is 0 Å². The smallest absolute Gasteiger partial charge is 0.274 e. The van der Waals surface area contributed by atoms with Crippen LogP contribution in [0.5, 0.6) is 0 Å². The first-order chi connectivity index (χ1) is 15.7. The molecule has 1 aliphatic rings. The summed E-state index contributed by atoms with van der Waals surface area (Å²) >= 11 is 0. The molecule has 2 N–H and O–H groups in total. The predicted octanol–water partition coefficient (Wildman–Crippen LogP) is 4.12. The van der Waals surface area contributed by atoms with E-state index in [1.54, 1.807) is 11.1 Å². The van der Waals surface area contributed by atoms with Gasteiger partial charge in [0.05, 0.1) is 6.20 Å². The highest BCUT2D eigenvalue weighted by molar-refractivity contribution is 5.94. The van der Waals surface area contributed by atoms with E-state index in [0.29, 0.717) is 31.6 Å². The fraction of sp³-hybridized carbons (Fsp3) is 0.200. The zero-order chi connectivity index (χ0) is 21.9. The van der Waals surface area contributed by atoms with E-state index in [4.69, 9.17) is 0 Å². The van der Waals surface area contributed by atoms with Crippen LogP contribution >= 0.6 is 0 Å². The van der Waals surface area contributed by atoms with Crippen molar-refractivity contribution in [2.75, 3.05) is 18.4 Å². The lowest BCUT2D eigenvalue weighted by molar-refractivity contribution is -0.121. The van der Waals surface area contributed by atoms with Crippen LogP contribution < -0.4 is 5.32 Å². The number of H-pyrrole nitrogens is 1. The normalized spacial score (nSPS) is 14.4. The monoisotopic (exact) mass is 425 g/mol. The zero-order valence-electron chi connectivity index (χ0n) is 17.5. The molecular weight excluding hydrogens is 402 g/mol. The molecule has 0 spiro atoms. The summed E-state index contributed by atoms with van der Waals surface area (Å²) in [5, 5.41) is 4.19. The van der Waals surface area contributed by atoms with Gasteiger partial charge in [-0.2, -0.15) is 0 Å². The second kappa shape index (κ2) is 8.63. The number of nitrogens with one attached hydrogen (secondary N) is 2. The van der Waals surface area contributed by atoms with Crippen molar-refractivity contribution in [2.45, 2.75) is 12.8 Å². The van der Waals surface area contributed by atoms with E-state index in [1.165, 1.54) is 17.8 Å². The van der Waals surface area contributed by atoms with Gasteiger partial charge < -0.3 is 15.2 Å². The molecule has 1 saturated heterocycles. The molecule has 0 atom stereocenters. The van der Waals surface area contributed by atoms with Crippen molar-refractivity contribution >= 4 is 28.4 Å². The number of para-hydroxylation sites is 1. The van der Waals surface area contributed by atoms with Gasteiger partial charge in [-0.05, 0) is 42.7 Å². The Hall–Kier alpha value is -4.00. The minimum atomic E-state index is -0.135. The highest BCUT2D eigenvalue weighted by Crippen LogP contribution is 2.26. The third kappa shape index (κ3) is 4.09. The van der Waals surface area contributed by atoms with Gasteiger partial charge in [0, 0.05) is 53.7 Å². The van der Waals surface area contributed by atoms with Gasteiger partial charge in [0.1, 0.15) is 5.69 Å². The quantitative estimate of drug-likeness (QED) is 0.515. The summed E-state index contributed by atoms with van der Waals surface area (Å²) in [6, 6.07) is 18.1. The fourth-order valence-corrected chi connectivity index (χ4v) is 4.12. The minimum Gasteiger partial charge on any atom is -0.355 e. The maximum atomic E-state index is 12.7. The van der Waals surface area contributed by atoms with Crippen molar-refractivity contribution in [3.63, 3.8) is 0 Å². The average molecular weight is 425 g/mol. The van der Waals surface area contributed by atoms with Crippen LogP contribution in [0.25, 0.3) is 22.2 Å². The Morgan fingerprint density at radius 3 is 2.50 bits per heavy atom. The van der Waals surface area contributed by atoms with Crippen LogP contribution in [0.3, 0.4) is 0 Å². The van der Waals surface area contributed by atoms with Gasteiger partial charge in [-0.1, -0.05) is 30.3 Å². The number of piperidine rings is 1. The Labute approximate surface area is 185 Å². The molecule has 1 fully saturated rings. The lowest BCUT2D eigenvalue weighted by atomic mass is 9.95. The van der Waals surface area contributed by atoms with E-state index >= 15 is 0 Å². The number of carbonyl (C=O) groups excluding carboxylic acids is 2. The maximum absolute atomic E-state index is 12.7. The fourth-order valence-electron chi connectivity index (χ4n) is 4.12. The Bertz CT molecular complexity index is 1210. The van der Waals surface area contributed by atoms with Crippen LogP contribution in [0.2, 0.25) is 0 Å². The molecule has 0 aliphatic carbocycles. The van der Waals surface area contributed by atoms with Crippen LogP contribution in [0, 0.1) is 5.92 Å². The number of aromatic nitrogens is 3. The van der Waals surface area contributed by atoms with Crippen molar-refractivity contribution < 1.29 is 9.59 Å². The van der Waals surface area contributed by atoms with Gasteiger partial charge in [0.25, 0.3) is 5.91 Å². The predicted molar refractivity (Wildman–Crippen MR) is 123 cm³/mol. The highest BCUT2D eigenvalue weighted by atomic mass is 16.2. The van der Waals surface area contributed by atoms with Crippen molar-refractivity contribution in [3.8, 4) is 11.3 Å². The van der Waals surface area contributed by atoms with Gasteiger partial charge in [0.2, 0.25) is 5.91 Å². The summed E-state index contributed by atoms with van der Waals surface area (Å²) in [6.45, 7) is 1.07. The molecule has 7 nitrogen and oxygen atoms in total. The third-order valence-corrected chi connectivity index (χ3v) is 5.93. The molecule has 160 valence electrons. The van der Waals surface area contributed by atoms with E-state index in [2.05, 4.69) is 38.5 Å². The number of hydrogen-bond acceptors (Lipinski definition) is 4. The molecule has 0 bridgehead atoms. The topological polar surface area (TPSA) is 91.0 Å². The molecule has 1 aliphatic heterocycles. The molecule has 2 amide bonds. The van der Waals surface area contributed by atoms with Crippen LogP contribution in [-0.4, -0.2) is 44.8 Å². The Morgan fingerprint density at radius 1 is 1.00 bits per heavy atom. The molecule has 3 heterocycles. The molecule has 32 heavy (non-hydrogen) atoms. The summed E-state index contributed by atoms with van der Waals surface area (Å²) in [6.07, 6.45) is 5.79. The lowest BCUT2D eigenvalue weighted by Crippen LogP contribution is -2.41. The number of likely N-dealkylation sites (tertiary alicyclic amines) is 1. The number of rotatable bonds is 4. The Kier molecular flexibility index (Phi) is 5.37. The van der Waals surface area contributed by atoms with Gasteiger partial charge in [-0.3, -0.25) is 14.6 Å². The molecule has 2 aromatic carbocycles. The second-order valence-electron chi connectivity index (χ2n) is 7.99. The van der Waals surface area contributed by atoms with Gasteiger partial charge in [-0.15, -0.1) is 0 Å². The SMILES string of the molecule is O=C(Nc1ccc(-c2cc3ccccc3[nH]2)cc1)C1CCN(C(=O)c2cnccn2)CC1. The number of aromatic amines is 1. The molecule has 0 saturated carbocycles. The number of fused-ring (bicyclic) bond motifs is 1. The van der Waals surface area contributed by atoms with Crippen LogP contribution in [-0.2, 0) is 4.79 Å². The minimum absolute atomic E-state index is 0.00466. The van der Waals surface area contributed by atoms with Gasteiger partial charge in [0.15, 0.2) is 0 Å². The number of nitrogens with zero attached hydrogens (tertiary/aromatic N) is 3. The lowest BCUT2D eigenvalue weighted by Gasteiger charge is -2.31. The summed E-state index contributed by atoms with van der Waals surface area (Å²) in [7, 11) is 0. The summed E-state index contributed by atoms with van der Waals surface area (Å²) in [5.41, 5.74) is 4.32. The maximum Gasteiger partial charge on any atom is 0.274 e. The largest absolute Gasteiger partial charge is 0.355 e. The molecule has 4 aromatic rings. The molecule has 5 rings (SSSR count). The third-order valence-electron chi connectivity index (χ3n) is 5.93. The van der Waals surface area contributed by atoms with Crippen molar-refractivity contribution in [3.05, 3.63) is 78.9 Å². The van der Waals surface area contributed by atoms with E-state index in [9.17, 15) is 9.59 Å². The Balaban J connectivity index is 1.18. The summed E-state index contributed by atoms with van der Waals surface area (Å²) < 4.78 is 0. The van der Waals surface area contributed by atoms with Crippen LogP contribution in [0.4, 0.5) is 5.69 Å². The summed E-state index contributed by atoms with van der Waals surface area (Å²) in [5.74, 6) is -0.256. The van der Waals surface area contributed by atoms with E-state index in [0.717, 1.165) is 22.5 Å². The van der Waals surface area contributed by atoms with Crippen molar-refractivity contribution in [1.82, 2.24) is 19.9 Å². The van der Waals surface area contributed by atoms with Gasteiger partial charge in [-0.25, -0.2) is 4.98 Å². The van der Waals surface area contributed by atoms with E-state index < -0.39 is 0 Å². The van der Waals surface area contributed by atoms with E-state index in [1.807, 2.05) is 36.4 Å². The Morgan fingerprint density at radius 2 is 1.78 bits per heavy atom. The molecule has 0 unspecified atom stereocenters. The molecule has 2 aromatic heterocycles. The molecular formula is C25H23N5O2. The second-order valence-corrected chi connectivity index (χ2v) is 7.99. The summed E-state index contributed by atoms with van der Waals surface area (Å²) in [4.78, 5) is 38.4. The standard InChI is InChI=1S/C25H23N5O2/c31-24(18-9-13-30(14-10-18)25(32)23-16-26-11-12-27-23)28-20-7-5-17(6-8-20)22-15-19-3-1-2-4-21(19)29-22/h1-8,11-12,15-16,18,29H,9-10,13-14H2,(H,28,31). The zero-order valence-corrected chi connectivity index (χ0v) is 17.5. The highest BCUT2D eigenvalue weighted by Gasteiger charge is 2.28. The molecule has 7 heteroatoms.